The molecule has 2 aromatic rings. The largest absolute Gasteiger partial charge is 0.490 e. The predicted molar refractivity (Wildman–Crippen MR) is 140 cm³/mol. The summed E-state index contributed by atoms with van der Waals surface area (Å²) in [5, 5.41) is 0. The molecule has 0 atom stereocenters. The van der Waals surface area contributed by atoms with E-state index < -0.39 is 23.9 Å². The highest BCUT2D eigenvalue weighted by molar-refractivity contribution is 5.91. The van der Waals surface area contributed by atoms with Gasteiger partial charge in [-0.3, -0.25) is 0 Å². The van der Waals surface area contributed by atoms with E-state index in [0.717, 1.165) is 18.2 Å². The van der Waals surface area contributed by atoms with Gasteiger partial charge < -0.3 is 23.7 Å². The zero-order valence-corrected chi connectivity index (χ0v) is 20.9. The van der Waals surface area contributed by atoms with Crippen molar-refractivity contribution in [1.29, 1.82) is 0 Å². The van der Waals surface area contributed by atoms with Crippen LogP contribution in [-0.2, 0) is 19.2 Å². The van der Waals surface area contributed by atoms with E-state index in [-0.39, 0.29) is 23.9 Å². The van der Waals surface area contributed by atoms with Crippen LogP contribution in [0, 0.1) is 0 Å². The molecule has 0 amide bonds. The Hall–Kier alpha value is -5.18. The average molecular weight is 519 g/mol. The fraction of sp³-hybridized carbons (Fsp3) is 0.103. The molecule has 0 saturated heterocycles. The lowest BCUT2D eigenvalue weighted by atomic mass is 10.1. The number of hydrogen-bond donors (Lipinski definition) is 0. The molecule has 2 rings (SSSR count). The van der Waals surface area contributed by atoms with Crippen molar-refractivity contribution in [2.45, 2.75) is 13.8 Å². The lowest BCUT2D eigenvalue weighted by Gasteiger charge is -2.15. The second-order valence-electron chi connectivity index (χ2n) is 7.27. The van der Waals surface area contributed by atoms with E-state index in [1.807, 2.05) is 0 Å². The van der Waals surface area contributed by atoms with Crippen molar-refractivity contribution in [3.8, 4) is 28.7 Å². The summed E-state index contributed by atoms with van der Waals surface area (Å²) in [4.78, 5) is 47.5. The van der Waals surface area contributed by atoms with Crippen molar-refractivity contribution in [2.24, 2.45) is 0 Å². The Morgan fingerprint density at radius 2 is 1.29 bits per heavy atom. The Bertz CT molecular complexity index is 1300. The first kappa shape index (κ1) is 29.1. The maximum Gasteiger partial charge on any atom is 0.338 e. The minimum atomic E-state index is -0.858. The standard InChI is InChI=1S/C29H26O9/c1-6-19(5)29(33)37-24-18-20(17-23(36-26(31)8-3)28(24)38-27(32)9-4)11-10-16-34-21-12-14-22(15-13-21)35-25(30)7-2/h6-15,17-18H,2-4,16H2,1,5H3/b11-10+,19-6+. The van der Waals surface area contributed by atoms with Gasteiger partial charge in [-0.25, -0.2) is 19.2 Å². The summed E-state index contributed by atoms with van der Waals surface area (Å²) >= 11 is 0. The third-order valence-corrected chi connectivity index (χ3v) is 4.61. The Labute approximate surface area is 219 Å². The van der Waals surface area contributed by atoms with Gasteiger partial charge in [-0.05, 0) is 61.9 Å². The number of rotatable bonds is 12. The molecule has 9 heteroatoms. The molecule has 0 aliphatic heterocycles. The van der Waals surface area contributed by atoms with E-state index >= 15 is 0 Å². The highest BCUT2D eigenvalue weighted by Crippen LogP contribution is 2.40. The fourth-order valence-electron chi connectivity index (χ4n) is 2.63. The molecular formula is C29H26O9. The zero-order chi connectivity index (χ0) is 28.1. The Kier molecular flexibility index (Phi) is 11.0. The third kappa shape index (κ3) is 8.80. The lowest BCUT2D eigenvalue weighted by molar-refractivity contribution is -0.133. The second-order valence-corrected chi connectivity index (χ2v) is 7.27. The molecule has 0 aromatic heterocycles. The number of ether oxygens (including phenoxy) is 5. The number of allylic oxidation sites excluding steroid dienone is 1. The average Bonchev–Trinajstić information content (AvgIpc) is 2.92. The highest BCUT2D eigenvalue weighted by Gasteiger charge is 2.21. The molecule has 0 aliphatic carbocycles. The van der Waals surface area contributed by atoms with Gasteiger partial charge in [0.1, 0.15) is 18.1 Å². The predicted octanol–water partition coefficient (Wildman–Crippen LogP) is 4.92. The summed E-state index contributed by atoms with van der Waals surface area (Å²) in [6.07, 6.45) is 7.71. The molecule has 0 unspecified atom stereocenters. The molecule has 2 aromatic carbocycles. The maximum absolute atomic E-state index is 12.4. The number of benzene rings is 2. The van der Waals surface area contributed by atoms with Gasteiger partial charge >= 0.3 is 23.9 Å². The summed E-state index contributed by atoms with van der Waals surface area (Å²) in [5.74, 6) is -2.73. The molecular weight excluding hydrogens is 492 g/mol. The van der Waals surface area contributed by atoms with Crippen LogP contribution in [0.15, 0.2) is 92.1 Å². The van der Waals surface area contributed by atoms with E-state index in [1.165, 1.54) is 12.1 Å². The Morgan fingerprint density at radius 1 is 0.763 bits per heavy atom. The van der Waals surface area contributed by atoms with Gasteiger partial charge in [0, 0.05) is 23.8 Å². The molecule has 0 radical (unpaired) electrons. The number of esters is 4. The molecule has 0 spiro atoms. The van der Waals surface area contributed by atoms with Gasteiger partial charge in [-0.15, -0.1) is 0 Å². The second kappa shape index (κ2) is 14.4. The van der Waals surface area contributed by atoms with E-state index in [1.54, 1.807) is 56.3 Å². The van der Waals surface area contributed by atoms with Gasteiger partial charge in [0.15, 0.2) is 11.5 Å². The van der Waals surface area contributed by atoms with Crippen LogP contribution >= 0.6 is 0 Å². The molecule has 0 bridgehead atoms. The van der Waals surface area contributed by atoms with Crippen molar-refractivity contribution < 1.29 is 42.9 Å². The van der Waals surface area contributed by atoms with Gasteiger partial charge in [-0.2, -0.15) is 0 Å². The van der Waals surface area contributed by atoms with Crippen molar-refractivity contribution >= 4 is 30.0 Å². The highest BCUT2D eigenvalue weighted by atomic mass is 16.6. The van der Waals surface area contributed by atoms with E-state index in [9.17, 15) is 19.2 Å². The van der Waals surface area contributed by atoms with E-state index in [2.05, 4.69) is 19.7 Å². The van der Waals surface area contributed by atoms with Crippen LogP contribution in [0.5, 0.6) is 28.7 Å². The van der Waals surface area contributed by atoms with E-state index in [0.29, 0.717) is 22.6 Å². The van der Waals surface area contributed by atoms with Crippen LogP contribution in [0.1, 0.15) is 19.4 Å². The monoisotopic (exact) mass is 518 g/mol. The zero-order valence-electron chi connectivity index (χ0n) is 20.9. The summed E-state index contributed by atoms with van der Waals surface area (Å²) in [6, 6.07) is 9.21. The van der Waals surface area contributed by atoms with Crippen LogP contribution in [-0.4, -0.2) is 30.5 Å². The van der Waals surface area contributed by atoms with Crippen LogP contribution in [0.4, 0.5) is 0 Å². The fourth-order valence-corrected chi connectivity index (χ4v) is 2.63. The van der Waals surface area contributed by atoms with Crippen molar-refractivity contribution in [3.63, 3.8) is 0 Å². The van der Waals surface area contributed by atoms with Crippen molar-refractivity contribution in [1.82, 2.24) is 0 Å². The normalized spacial score (nSPS) is 10.7. The van der Waals surface area contributed by atoms with Crippen LogP contribution < -0.4 is 23.7 Å². The van der Waals surface area contributed by atoms with Gasteiger partial charge in [0.2, 0.25) is 5.75 Å². The van der Waals surface area contributed by atoms with Crippen molar-refractivity contribution in [2.75, 3.05) is 6.61 Å². The molecule has 0 saturated carbocycles. The minimum absolute atomic E-state index is 0.133. The molecule has 0 N–H and O–H groups in total. The van der Waals surface area contributed by atoms with Gasteiger partial charge in [0.05, 0.1) is 0 Å². The first-order valence-electron chi connectivity index (χ1n) is 11.2. The summed E-state index contributed by atoms with van der Waals surface area (Å²) in [5.41, 5.74) is 0.738. The smallest absolute Gasteiger partial charge is 0.338 e. The molecule has 0 fully saturated rings. The first-order chi connectivity index (χ1) is 18.2. The van der Waals surface area contributed by atoms with E-state index in [4.69, 9.17) is 23.7 Å². The summed E-state index contributed by atoms with van der Waals surface area (Å²) in [6.45, 7) is 13.4. The minimum Gasteiger partial charge on any atom is -0.490 e. The molecule has 9 nitrogen and oxygen atoms in total. The lowest BCUT2D eigenvalue weighted by Crippen LogP contribution is -2.14. The number of carbonyl (C=O) groups excluding carboxylic acids is 4. The molecule has 196 valence electrons. The molecule has 38 heavy (non-hydrogen) atoms. The topological polar surface area (TPSA) is 114 Å². The summed E-state index contributed by atoms with van der Waals surface area (Å²) in [7, 11) is 0. The summed E-state index contributed by atoms with van der Waals surface area (Å²) < 4.78 is 26.5. The van der Waals surface area contributed by atoms with Crippen LogP contribution in [0.2, 0.25) is 0 Å². The Balaban J connectivity index is 2.32. The van der Waals surface area contributed by atoms with Crippen LogP contribution in [0.3, 0.4) is 0 Å². The van der Waals surface area contributed by atoms with Gasteiger partial charge in [0.25, 0.3) is 0 Å². The SMILES string of the molecule is C=CC(=O)Oc1ccc(OC/C=C/c2cc(OC(=O)C=C)c(OC(=O)C=C)c(OC(=O)/C(C)=C/C)c2)cc1. The number of hydrogen-bond acceptors (Lipinski definition) is 9. The first-order valence-corrected chi connectivity index (χ1v) is 11.2. The maximum atomic E-state index is 12.4. The van der Waals surface area contributed by atoms with Crippen LogP contribution in [0.25, 0.3) is 6.08 Å². The third-order valence-electron chi connectivity index (χ3n) is 4.61. The quantitative estimate of drug-likeness (QED) is 0.219. The molecule has 0 heterocycles. The Morgan fingerprint density at radius 3 is 1.87 bits per heavy atom. The molecule has 0 aliphatic rings. The van der Waals surface area contributed by atoms with Gasteiger partial charge in [-0.1, -0.05) is 31.9 Å². The van der Waals surface area contributed by atoms with Crippen molar-refractivity contribution in [3.05, 3.63) is 97.7 Å². The number of carbonyl (C=O) groups is 4.